The van der Waals surface area contributed by atoms with Crippen LogP contribution in [-0.4, -0.2) is 81.9 Å². The summed E-state index contributed by atoms with van der Waals surface area (Å²) < 4.78 is 29.7. The Morgan fingerprint density at radius 3 is 2.17 bits per heavy atom. The van der Waals surface area contributed by atoms with E-state index >= 15 is 0 Å². The molecular weight excluding hydrogens is 536 g/mol. The maximum atomic E-state index is 13.3. The molecule has 1 aliphatic heterocycles. The van der Waals surface area contributed by atoms with E-state index in [1.807, 2.05) is 6.07 Å². The Labute approximate surface area is 238 Å². The molecule has 11 nitrogen and oxygen atoms in total. The fourth-order valence-electron chi connectivity index (χ4n) is 7.28. The van der Waals surface area contributed by atoms with Crippen molar-refractivity contribution in [2.75, 3.05) is 6.61 Å². The summed E-state index contributed by atoms with van der Waals surface area (Å²) in [6.07, 6.45) is -2.77. The topological polar surface area (TPSA) is 155 Å². The zero-order valence-corrected chi connectivity index (χ0v) is 24.1. The third-order valence-corrected chi connectivity index (χ3v) is 8.67. The Kier molecular flexibility index (Phi) is 8.12. The molecule has 1 spiro atoms. The van der Waals surface area contributed by atoms with Crippen LogP contribution in [0.2, 0.25) is 0 Å². The highest BCUT2D eigenvalue weighted by atomic mass is 16.6. The molecule has 0 amide bonds. The van der Waals surface area contributed by atoms with Crippen LogP contribution in [0.3, 0.4) is 0 Å². The van der Waals surface area contributed by atoms with Gasteiger partial charge in [0.2, 0.25) is 0 Å². The lowest BCUT2D eigenvalue weighted by molar-refractivity contribution is -0.349. The molecule has 1 saturated heterocycles. The van der Waals surface area contributed by atoms with Crippen molar-refractivity contribution in [3.8, 4) is 0 Å². The average Bonchev–Trinajstić information content (AvgIpc) is 3.07. The van der Waals surface area contributed by atoms with E-state index < -0.39 is 83.0 Å². The maximum Gasteiger partial charge on any atom is 0.331 e. The smallest absolute Gasteiger partial charge is 0.331 e. The molecule has 1 heterocycles. The molecule has 2 saturated carbocycles. The van der Waals surface area contributed by atoms with Gasteiger partial charge in [-0.05, 0) is 45.3 Å². The summed E-state index contributed by atoms with van der Waals surface area (Å²) >= 11 is 0. The monoisotopic (exact) mass is 574 g/mol. The van der Waals surface area contributed by atoms with Gasteiger partial charge in [0.15, 0.2) is 5.60 Å². The maximum absolute atomic E-state index is 13.3. The van der Waals surface area contributed by atoms with E-state index in [4.69, 9.17) is 23.7 Å². The van der Waals surface area contributed by atoms with Gasteiger partial charge in [0, 0.05) is 26.8 Å². The van der Waals surface area contributed by atoms with Crippen molar-refractivity contribution < 1.29 is 53.1 Å². The summed E-state index contributed by atoms with van der Waals surface area (Å²) in [5.41, 5.74) is -6.16. The number of aliphatic hydroxyl groups excluding tert-OH is 1. The van der Waals surface area contributed by atoms with Gasteiger partial charge < -0.3 is 33.9 Å². The summed E-state index contributed by atoms with van der Waals surface area (Å²) in [5, 5.41) is 24.1. The predicted octanol–water partition coefficient (Wildman–Crippen LogP) is 2.11. The molecule has 2 bridgehead atoms. The minimum absolute atomic E-state index is 0.0258. The highest BCUT2D eigenvalue weighted by molar-refractivity contribution is 5.87. The Morgan fingerprint density at radius 2 is 1.59 bits per heavy atom. The number of hydrogen-bond donors (Lipinski definition) is 2. The molecule has 3 fully saturated rings. The van der Waals surface area contributed by atoms with Gasteiger partial charge in [0.05, 0.1) is 17.1 Å². The van der Waals surface area contributed by atoms with Crippen molar-refractivity contribution in [3.05, 3.63) is 42.0 Å². The number of ether oxygens (including phenoxy) is 5. The number of carbonyl (C=O) groups is 4. The third-order valence-electron chi connectivity index (χ3n) is 8.67. The first-order valence-electron chi connectivity index (χ1n) is 13.6. The Balaban J connectivity index is 1.95. The van der Waals surface area contributed by atoms with Crippen molar-refractivity contribution in [1.82, 2.24) is 0 Å². The highest BCUT2D eigenvalue weighted by Gasteiger charge is 2.86. The molecule has 3 aliphatic rings. The standard InChI is InChI=1S/C30H38O11/c1-17(31)37-16-29-21(38-18(2)32)14-15-28(6,36)30(29)25(39-19(3)33)23(27(4,5)41-30)24(35)26(29)40-22(34)13-12-20-10-8-7-9-11-20/h7-13,21,23-26,35-36H,14-16H2,1-6H3/b13-12+/t21-,23+,24-,25+,26-,28-,29-,30-/m0/s1. The second-order valence-corrected chi connectivity index (χ2v) is 11.8. The van der Waals surface area contributed by atoms with E-state index in [0.717, 1.165) is 5.56 Å². The minimum Gasteiger partial charge on any atom is -0.465 e. The number of carbonyl (C=O) groups excluding carboxylic acids is 4. The summed E-state index contributed by atoms with van der Waals surface area (Å²) in [6, 6.07) is 8.99. The van der Waals surface area contributed by atoms with Crippen LogP contribution in [0.4, 0.5) is 0 Å². The molecule has 0 radical (unpaired) electrons. The minimum atomic E-state index is -1.94. The quantitative estimate of drug-likeness (QED) is 0.279. The van der Waals surface area contributed by atoms with Gasteiger partial charge in [-0.15, -0.1) is 0 Å². The molecular formula is C30H38O11. The van der Waals surface area contributed by atoms with Gasteiger partial charge in [-0.25, -0.2) is 4.79 Å². The molecule has 41 heavy (non-hydrogen) atoms. The lowest BCUT2D eigenvalue weighted by Crippen LogP contribution is -2.83. The zero-order chi connectivity index (χ0) is 30.4. The van der Waals surface area contributed by atoms with Crippen LogP contribution < -0.4 is 0 Å². The fraction of sp³-hybridized carbons (Fsp3) is 0.600. The molecule has 11 heteroatoms. The van der Waals surface area contributed by atoms with Crippen molar-refractivity contribution in [2.45, 2.75) is 95.6 Å². The number of esters is 4. The van der Waals surface area contributed by atoms with Gasteiger partial charge in [-0.3, -0.25) is 14.4 Å². The molecule has 224 valence electrons. The van der Waals surface area contributed by atoms with Crippen molar-refractivity contribution in [3.63, 3.8) is 0 Å². The highest BCUT2D eigenvalue weighted by Crippen LogP contribution is 2.68. The van der Waals surface area contributed by atoms with E-state index in [1.165, 1.54) is 39.8 Å². The number of hydrogen-bond acceptors (Lipinski definition) is 11. The van der Waals surface area contributed by atoms with Crippen LogP contribution in [0.5, 0.6) is 0 Å². The van der Waals surface area contributed by atoms with Crippen molar-refractivity contribution in [2.24, 2.45) is 11.3 Å². The van der Waals surface area contributed by atoms with Crippen molar-refractivity contribution in [1.29, 1.82) is 0 Å². The first-order chi connectivity index (χ1) is 19.1. The normalized spacial score (nSPS) is 37.1. The zero-order valence-electron chi connectivity index (χ0n) is 24.1. The molecule has 4 rings (SSSR count). The second kappa shape index (κ2) is 10.8. The summed E-state index contributed by atoms with van der Waals surface area (Å²) in [6.45, 7) is 7.76. The molecule has 8 atom stereocenters. The number of rotatable bonds is 7. The van der Waals surface area contributed by atoms with Crippen LogP contribution in [0.25, 0.3) is 6.08 Å². The van der Waals surface area contributed by atoms with Gasteiger partial charge in [-0.2, -0.15) is 0 Å². The number of benzene rings is 1. The van der Waals surface area contributed by atoms with Crippen LogP contribution in [0, 0.1) is 11.3 Å². The molecule has 0 unspecified atom stereocenters. The summed E-state index contributed by atoms with van der Waals surface area (Å²) in [5.74, 6) is -3.95. The molecule has 2 aliphatic carbocycles. The van der Waals surface area contributed by atoms with E-state index in [9.17, 15) is 29.4 Å². The lowest BCUT2D eigenvalue weighted by atomic mass is 9.46. The summed E-state index contributed by atoms with van der Waals surface area (Å²) in [7, 11) is 0. The predicted molar refractivity (Wildman–Crippen MR) is 143 cm³/mol. The molecule has 1 aromatic carbocycles. The molecule has 2 N–H and O–H groups in total. The largest absolute Gasteiger partial charge is 0.465 e. The molecule has 0 aromatic heterocycles. The number of fused-ring (bicyclic) bond motifs is 1. The fourth-order valence-corrected chi connectivity index (χ4v) is 7.28. The second-order valence-electron chi connectivity index (χ2n) is 11.8. The van der Waals surface area contributed by atoms with Gasteiger partial charge in [0.1, 0.15) is 36.4 Å². The third kappa shape index (κ3) is 5.04. The van der Waals surface area contributed by atoms with E-state index in [0.29, 0.717) is 0 Å². The lowest BCUT2D eigenvalue weighted by Gasteiger charge is -2.65. The number of aliphatic hydroxyl groups is 2. The first kappa shape index (κ1) is 30.7. The Bertz CT molecular complexity index is 1220. The van der Waals surface area contributed by atoms with E-state index in [2.05, 4.69) is 0 Å². The van der Waals surface area contributed by atoms with E-state index in [-0.39, 0.29) is 12.8 Å². The first-order valence-corrected chi connectivity index (χ1v) is 13.6. The summed E-state index contributed by atoms with van der Waals surface area (Å²) in [4.78, 5) is 50.3. The van der Waals surface area contributed by atoms with Crippen molar-refractivity contribution >= 4 is 30.0 Å². The van der Waals surface area contributed by atoms with Crippen LogP contribution in [0.1, 0.15) is 59.9 Å². The Hall–Kier alpha value is -3.28. The van der Waals surface area contributed by atoms with Gasteiger partial charge in [0.25, 0.3) is 0 Å². The van der Waals surface area contributed by atoms with Crippen LogP contribution in [0.15, 0.2) is 36.4 Å². The van der Waals surface area contributed by atoms with Gasteiger partial charge in [-0.1, -0.05) is 30.3 Å². The molecule has 1 aromatic rings. The van der Waals surface area contributed by atoms with E-state index in [1.54, 1.807) is 38.1 Å². The average molecular weight is 575 g/mol. The van der Waals surface area contributed by atoms with Gasteiger partial charge >= 0.3 is 23.9 Å². The van der Waals surface area contributed by atoms with Crippen LogP contribution >= 0.6 is 0 Å². The van der Waals surface area contributed by atoms with Crippen LogP contribution in [-0.2, 0) is 42.9 Å². The SMILES string of the molecule is CC(=O)OC[C@@]12[C@@H](OC(C)=O)CC[C@](C)(O)[C@]13OC(C)(C)[C@H]([C@H](O)[C@@H]2OC(=O)/C=C/c1ccccc1)[C@H]3OC(C)=O. The Morgan fingerprint density at radius 1 is 0.951 bits per heavy atom.